The summed E-state index contributed by atoms with van der Waals surface area (Å²) in [6, 6.07) is 4.72. The Morgan fingerprint density at radius 3 is 3.14 bits per heavy atom. The summed E-state index contributed by atoms with van der Waals surface area (Å²) in [7, 11) is 0. The summed E-state index contributed by atoms with van der Waals surface area (Å²) in [4.78, 5) is 10.7. The van der Waals surface area contributed by atoms with E-state index in [4.69, 9.17) is 5.73 Å². The first-order valence-corrected chi connectivity index (χ1v) is 4.01. The highest BCUT2D eigenvalue weighted by molar-refractivity contribution is 5.72. The Bertz CT molecular complexity index is 491. The van der Waals surface area contributed by atoms with Crippen molar-refractivity contribution >= 4 is 11.6 Å². The number of primary amides is 1. The maximum absolute atomic E-state index is 11.3. The first kappa shape index (κ1) is 8.49. The number of carbonyl (C=O) groups excluding carboxylic acids is 1. The number of nitrogens with zero attached hydrogens (tertiary/aromatic N) is 3. The monoisotopic (exact) mass is 192 g/mol. The van der Waals surface area contributed by atoms with Gasteiger partial charge < -0.3 is 10.8 Å². The Kier molecular flexibility index (Phi) is 1.81. The van der Waals surface area contributed by atoms with Gasteiger partial charge in [0, 0.05) is 11.2 Å². The molecular weight excluding hydrogens is 184 g/mol. The molecule has 0 unspecified atom stereocenters. The molecule has 0 fully saturated rings. The molecule has 2 rings (SSSR count). The van der Waals surface area contributed by atoms with Crippen LogP contribution in [-0.2, 0) is 11.3 Å². The zero-order valence-electron chi connectivity index (χ0n) is 7.25. The van der Waals surface area contributed by atoms with Crippen molar-refractivity contribution in [2.24, 2.45) is 5.73 Å². The lowest BCUT2D eigenvalue weighted by Crippen LogP contribution is -2.42. The average molecular weight is 192 g/mol. The Morgan fingerprint density at radius 1 is 1.64 bits per heavy atom. The fraction of sp³-hybridized carbons (Fsp3) is 0.125. The molecule has 72 valence electrons. The molecule has 0 aliphatic heterocycles. The molecule has 1 amide bonds. The summed E-state index contributed by atoms with van der Waals surface area (Å²) in [5, 5.41) is 15.0. The van der Waals surface area contributed by atoms with Crippen LogP contribution >= 0.6 is 0 Å². The predicted octanol–water partition coefficient (Wildman–Crippen LogP) is -1.82. The zero-order chi connectivity index (χ0) is 10.1. The number of pyridine rings is 1. The summed E-state index contributed by atoms with van der Waals surface area (Å²) in [6.45, 7) is -0.146. The van der Waals surface area contributed by atoms with Crippen molar-refractivity contribution < 1.29 is 14.5 Å². The lowest BCUT2D eigenvalue weighted by atomic mass is 10.5. The van der Waals surface area contributed by atoms with E-state index in [1.54, 1.807) is 24.4 Å². The van der Waals surface area contributed by atoms with E-state index in [0.717, 1.165) is 0 Å². The summed E-state index contributed by atoms with van der Waals surface area (Å²) in [5.41, 5.74) is 5.56. The molecule has 2 heterocycles. The summed E-state index contributed by atoms with van der Waals surface area (Å²) < 4.78 is 2.63. The van der Waals surface area contributed by atoms with Crippen LogP contribution in [0.3, 0.4) is 0 Å². The molecule has 0 aliphatic carbocycles. The number of rotatable bonds is 2. The van der Waals surface area contributed by atoms with Crippen molar-refractivity contribution in [1.29, 1.82) is 0 Å². The van der Waals surface area contributed by atoms with Gasteiger partial charge in [-0.25, -0.2) is 4.57 Å². The Labute approximate surface area is 79.2 Å². The first-order chi connectivity index (χ1) is 6.68. The smallest absolute Gasteiger partial charge is 0.265 e. The molecule has 2 N–H and O–H groups in total. The topological polar surface area (TPSA) is 87.3 Å². The van der Waals surface area contributed by atoms with Crippen molar-refractivity contribution in [2.45, 2.75) is 6.54 Å². The maximum atomic E-state index is 11.3. The van der Waals surface area contributed by atoms with Crippen LogP contribution in [0.25, 0.3) is 5.65 Å². The molecule has 0 saturated heterocycles. The van der Waals surface area contributed by atoms with E-state index in [2.05, 4.69) is 5.10 Å². The van der Waals surface area contributed by atoms with E-state index < -0.39 is 11.9 Å². The van der Waals surface area contributed by atoms with E-state index >= 15 is 0 Å². The molecule has 6 nitrogen and oxygen atoms in total. The SMILES string of the molecule is NC(=O)C[n+]1c([O-])nn2ccccc21. The largest absolute Gasteiger partial charge is 0.818 e. The van der Waals surface area contributed by atoms with E-state index in [-0.39, 0.29) is 6.54 Å². The zero-order valence-corrected chi connectivity index (χ0v) is 7.25. The molecule has 0 bridgehead atoms. The molecule has 0 aliphatic rings. The molecule has 0 radical (unpaired) electrons. The van der Waals surface area contributed by atoms with Gasteiger partial charge in [0.2, 0.25) is 6.01 Å². The molecule has 14 heavy (non-hydrogen) atoms. The van der Waals surface area contributed by atoms with Crippen molar-refractivity contribution in [3.05, 3.63) is 24.4 Å². The quantitative estimate of drug-likeness (QED) is 0.568. The maximum Gasteiger partial charge on any atom is 0.265 e. The van der Waals surface area contributed by atoms with Crippen molar-refractivity contribution in [3.63, 3.8) is 0 Å². The predicted molar refractivity (Wildman–Crippen MR) is 44.0 cm³/mol. The van der Waals surface area contributed by atoms with Gasteiger partial charge in [-0.05, 0) is 6.07 Å². The lowest BCUT2D eigenvalue weighted by Gasteiger charge is -1.98. The van der Waals surface area contributed by atoms with E-state index in [1.165, 1.54) is 9.08 Å². The van der Waals surface area contributed by atoms with Gasteiger partial charge in [0.15, 0.2) is 0 Å². The van der Waals surface area contributed by atoms with Crippen LogP contribution in [0.15, 0.2) is 24.4 Å². The van der Waals surface area contributed by atoms with Gasteiger partial charge in [-0.1, -0.05) is 10.6 Å². The molecule has 2 aromatic heterocycles. The molecule has 0 atom stereocenters. The van der Waals surface area contributed by atoms with Crippen LogP contribution in [0, 0.1) is 0 Å². The van der Waals surface area contributed by atoms with E-state index in [1.807, 2.05) is 0 Å². The molecule has 0 spiro atoms. The van der Waals surface area contributed by atoms with Gasteiger partial charge >= 0.3 is 0 Å². The van der Waals surface area contributed by atoms with Gasteiger partial charge in [0.25, 0.3) is 11.6 Å². The molecule has 0 saturated carbocycles. The van der Waals surface area contributed by atoms with Gasteiger partial charge in [-0.2, -0.15) is 0 Å². The van der Waals surface area contributed by atoms with Crippen LogP contribution < -0.4 is 15.4 Å². The minimum absolute atomic E-state index is 0.146. The number of carbonyl (C=O) groups is 1. The third-order valence-electron chi connectivity index (χ3n) is 1.83. The van der Waals surface area contributed by atoms with Crippen LogP contribution in [0.4, 0.5) is 0 Å². The number of amides is 1. The highest BCUT2D eigenvalue weighted by Gasteiger charge is 2.13. The molecular formula is C8H8N4O2. The summed E-state index contributed by atoms with van der Waals surface area (Å²) in [6.07, 6.45) is 1.63. The van der Waals surface area contributed by atoms with Crippen LogP contribution in [0.1, 0.15) is 0 Å². The fourth-order valence-electron chi connectivity index (χ4n) is 1.27. The molecule has 6 heteroatoms. The average Bonchev–Trinajstić information content (AvgIpc) is 2.43. The number of fused-ring (bicyclic) bond motifs is 1. The third kappa shape index (κ3) is 1.26. The highest BCUT2D eigenvalue weighted by atomic mass is 16.3. The standard InChI is InChI=1S/C8H8N4O2/c9-6(13)5-11-7-3-1-2-4-12(7)10-8(11)14/h1-4H,5H2,(H2-,9,10,13,14). The number of hydrogen-bond donors (Lipinski definition) is 1. The minimum Gasteiger partial charge on any atom is -0.818 e. The van der Waals surface area contributed by atoms with Crippen molar-refractivity contribution in [1.82, 2.24) is 9.61 Å². The second-order valence-corrected chi connectivity index (χ2v) is 2.84. The Morgan fingerprint density at radius 2 is 2.43 bits per heavy atom. The van der Waals surface area contributed by atoms with Gasteiger partial charge in [0.1, 0.15) is 12.7 Å². The molecule has 2 aromatic rings. The second kappa shape index (κ2) is 2.99. The fourth-order valence-corrected chi connectivity index (χ4v) is 1.27. The Hall–Kier alpha value is -2.11. The van der Waals surface area contributed by atoms with Crippen LogP contribution in [0.5, 0.6) is 6.01 Å². The van der Waals surface area contributed by atoms with Crippen LogP contribution in [0.2, 0.25) is 0 Å². The third-order valence-corrected chi connectivity index (χ3v) is 1.83. The number of hydrogen-bond acceptors (Lipinski definition) is 3. The summed E-state index contributed by atoms with van der Waals surface area (Å²) >= 11 is 0. The van der Waals surface area contributed by atoms with Crippen molar-refractivity contribution in [2.75, 3.05) is 0 Å². The minimum atomic E-state index is -0.564. The second-order valence-electron chi connectivity index (χ2n) is 2.84. The van der Waals surface area contributed by atoms with Gasteiger partial charge in [-0.15, -0.1) is 0 Å². The Balaban J connectivity index is 2.62. The van der Waals surface area contributed by atoms with E-state index in [9.17, 15) is 9.90 Å². The number of aromatic nitrogens is 3. The normalized spacial score (nSPS) is 10.6. The van der Waals surface area contributed by atoms with E-state index in [0.29, 0.717) is 5.65 Å². The van der Waals surface area contributed by atoms with Gasteiger partial charge in [0.05, 0.1) is 0 Å². The lowest BCUT2D eigenvalue weighted by molar-refractivity contribution is -0.703. The van der Waals surface area contributed by atoms with Gasteiger partial charge in [-0.3, -0.25) is 4.79 Å². The summed E-state index contributed by atoms with van der Waals surface area (Å²) in [5.74, 6) is -0.564. The van der Waals surface area contributed by atoms with Crippen LogP contribution in [-0.4, -0.2) is 15.5 Å². The first-order valence-electron chi connectivity index (χ1n) is 4.01. The van der Waals surface area contributed by atoms with Crippen molar-refractivity contribution in [3.8, 4) is 6.01 Å². The number of nitrogens with two attached hydrogens (primary N) is 1. The molecule has 0 aromatic carbocycles. The highest BCUT2D eigenvalue weighted by Crippen LogP contribution is 1.99.